The van der Waals surface area contributed by atoms with Crippen LogP contribution in [0.5, 0.6) is 0 Å². The zero-order valence-corrected chi connectivity index (χ0v) is 15.6. The predicted octanol–water partition coefficient (Wildman–Crippen LogP) is 2.95. The summed E-state index contributed by atoms with van der Waals surface area (Å²) in [6.45, 7) is 6.67. The molecule has 0 atom stereocenters. The number of nitrogens with zero attached hydrogens (tertiary/aromatic N) is 3. The van der Waals surface area contributed by atoms with Crippen LogP contribution in [0.3, 0.4) is 0 Å². The van der Waals surface area contributed by atoms with E-state index in [1.165, 1.54) is 6.07 Å². The van der Waals surface area contributed by atoms with Gasteiger partial charge in [-0.1, -0.05) is 18.2 Å². The van der Waals surface area contributed by atoms with E-state index in [4.69, 9.17) is 0 Å². The van der Waals surface area contributed by atoms with Crippen molar-refractivity contribution in [3.8, 4) is 0 Å². The van der Waals surface area contributed by atoms with Crippen LogP contribution in [0, 0.1) is 10.1 Å². The van der Waals surface area contributed by atoms with Gasteiger partial charge < -0.3 is 15.5 Å². The quantitative estimate of drug-likeness (QED) is 0.492. The number of pyridine rings is 1. The number of nitro benzene ring substituents is 1. The molecule has 0 saturated heterocycles. The van der Waals surface area contributed by atoms with Crippen molar-refractivity contribution in [3.63, 3.8) is 0 Å². The minimum absolute atomic E-state index is 0.00252. The molecule has 8 nitrogen and oxygen atoms in total. The Kier molecular flexibility index (Phi) is 7.54. The van der Waals surface area contributed by atoms with Gasteiger partial charge in [-0.05, 0) is 31.5 Å². The number of amides is 1. The average Bonchev–Trinajstić information content (AvgIpc) is 2.68. The second kappa shape index (κ2) is 10.1. The van der Waals surface area contributed by atoms with Gasteiger partial charge in [0.15, 0.2) is 0 Å². The molecule has 8 heteroatoms. The molecule has 0 spiro atoms. The van der Waals surface area contributed by atoms with Crippen molar-refractivity contribution < 1.29 is 9.72 Å². The summed E-state index contributed by atoms with van der Waals surface area (Å²) >= 11 is 0. The summed E-state index contributed by atoms with van der Waals surface area (Å²) in [6.07, 6.45) is 1.98. The molecule has 0 aliphatic heterocycles. The lowest BCUT2D eigenvalue weighted by atomic mass is 10.2. The summed E-state index contributed by atoms with van der Waals surface area (Å²) in [7, 11) is 0. The highest BCUT2D eigenvalue weighted by atomic mass is 16.6. The van der Waals surface area contributed by atoms with E-state index in [1.54, 1.807) is 24.4 Å². The number of hydrogen-bond donors (Lipinski definition) is 2. The third kappa shape index (κ3) is 5.95. The van der Waals surface area contributed by atoms with E-state index < -0.39 is 4.92 Å². The van der Waals surface area contributed by atoms with Crippen molar-refractivity contribution in [1.82, 2.24) is 10.3 Å². The standard InChI is InChI=1S/C19H25N5O3/c1-3-23(4-2)18-10-9-15(13-21-18)14-22-19(25)11-12-20-16-7-5-6-8-17(16)24(26)27/h5-10,13,20H,3-4,11-12,14H2,1-2H3,(H,22,25). The maximum absolute atomic E-state index is 12.0. The van der Waals surface area contributed by atoms with Crippen LogP contribution in [0.4, 0.5) is 17.2 Å². The molecule has 1 heterocycles. The fraction of sp³-hybridized carbons (Fsp3) is 0.368. The van der Waals surface area contributed by atoms with Gasteiger partial charge in [0.1, 0.15) is 11.5 Å². The SMILES string of the molecule is CCN(CC)c1ccc(CNC(=O)CCNc2ccccc2[N+](=O)[O-])cn1. The second-order valence-electron chi connectivity index (χ2n) is 5.92. The third-order valence-electron chi connectivity index (χ3n) is 4.15. The number of nitrogens with one attached hydrogen (secondary N) is 2. The number of rotatable bonds is 10. The lowest BCUT2D eigenvalue weighted by Crippen LogP contribution is -2.25. The van der Waals surface area contributed by atoms with E-state index in [1.807, 2.05) is 12.1 Å². The molecule has 1 aromatic carbocycles. The molecule has 144 valence electrons. The predicted molar refractivity (Wildman–Crippen MR) is 106 cm³/mol. The first-order valence-electron chi connectivity index (χ1n) is 8.99. The van der Waals surface area contributed by atoms with Crippen molar-refractivity contribution in [2.24, 2.45) is 0 Å². The Morgan fingerprint density at radius 2 is 1.93 bits per heavy atom. The van der Waals surface area contributed by atoms with Crippen molar-refractivity contribution >= 4 is 23.1 Å². The summed E-state index contributed by atoms with van der Waals surface area (Å²) in [5.74, 6) is 0.789. The van der Waals surface area contributed by atoms with Gasteiger partial charge >= 0.3 is 0 Å². The molecule has 0 radical (unpaired) electrons. The van der Waals surface area contributed by atoms with Crippen LogP contribution in [-0.4, -0.2) is 35.4 Å². The summed E-state index contributed by atoms with van der Waals surface area (Å²) in [6, 6.07) is 10.3. The molecular weight excluding hydrogens is 346 g/mol. The van der Waals surface area contributed by atoms with E-state index in [2.05, 4.69) is 34.4 Å². The first kappa shape index (κ1) is 20.2. The van der Waals surface area contributed by atoms with Gasteiger partial charge in [0.25, 0.3) is 5.69 Å². The number of para-hydroxylation sites is 2. The van der Waals surface area contributed by atoms with E-state index in [0.717, 1.165) is 24.5 Å². The van der Waals surface area contributed by atoms with Crippen LogP contribution in [0.15, 0.2) is 42.6 Å². The Morgan fingerprint density at radius 1 is 1.19 bits per heavy atom. The molecule has 1 amide bonds. The molecular formula is C19H25N5O3. The highest BCUT2D eigenvalue weighted by molar-refractivity contribution is 5.76. The Hall–Kier alpha value is -3.16. The Balaban J connectivity index is 1.77. The maximum atomic E-state index is 12.0. The molecule has 0 saturated carbocycles. The van der Waals surface area contributed by atoms with E-state index in [9.17, 15) is 14.9 Å². The summed E-state index contributed by atoms with van der Waals surface area (Å²) in [5.41, 5.74) is 1.33. The largest absolute Gasteiger partial charge is 0.379 e. The van der Waals surface area contributed by atoms with Crippen LogP contribution >= 0.6 is 0 Å². The number of aromatic nitrogens is 1. The average molecular weight is 371 g/mol. The van der Waals surface area contributed by atoms with Crippen LogP contribution in [0.25, 0.3) is 0 Å². The molecule has 0 aliphatic carbocycles. The van der Waals surface area contributed by atoms with Gasteiger partial charge in [-0.2, -0.15) is 0 Å². The van der Waals surface area contributed by atoms with Crippen LogP contribution in [0.2, 0.25) is 0 Å². The zero-order valence-electron chi connectivity index (χ0n) is 15.6. The minimum atomic E-state index is -0.447. The fourth-order valence-corrected chi connectivity index (χ4v) is 2.64. The number of carbonyl (C=O) groups is 1. The van der Waals surface area contributed by atoms with E-state index >= 15 is 0 Å². The highest BCUT2D eigenvalue weighted by Crippen LogP contribution is 2.22. The van der Waals surface area contributed by atoms with Gasteiger partial charge in [-0.15, -0.1) is 0 Å². The first-order chi connectivity index (χ1) is 13.0. The molecule has 2 N–H and O–H groups in total. The molecule has 0 unspecified atom stereocenters. The van der Waals surface area contributed by atoms with Gasteiger partial charge in [0.05, 0.1) is 4.92 Å². The van der Waals surface area contributed by atoms with E-state index in [0.29, 0.717) is 18.8 Å². The molecule has 2 aromatic rings. The number of anilines is 2. The molecule has 2 rings (SSSR count). The Labute approximate surface area is 158 Å². The smallest absolute Gasteiger partial charge is 0.292 e. The van der Waals surface area contributed by atoms with Crippen molar-refractivity contribution in [3.05, 3.63) is 58.3 Å². The summed E-state index contributed by atoms with van der Waals surface area (Å²) in [5, 5.41) is 16.7. The minimum Gasteiger partial charge on any atom is -0.379 e. The first-order valence-corrected chi connectivity index (χ1v) is 8.99. The van der Waals surface area contributed by atoms with Crippen LogP contribution in [-0.2, 0) is 11.3 Å². The summed E-state index contributed by atoms with van der Waals surface area (Å²) < 4.78 is 0. The summed E-state index contributed by atoms with van der Waals surface area (Å²) in [4.78, 5) is 29.1. The topological polar surface area (TPSA) is 100 Å². The maximum Gasteiger partial charge on any atom is 0.292 e. The fourth-order valence-electron chi connectivity index (χ4n) is 2.64. The van der Waals surface area contributed by atoms with Gasteiger partial charge in [0, 0.05) is 44.9 Å². The molecule has 1 aromatic heterocycles. The van der Waals surface area contributed by atoms with Crippen molar-refractivity contribution in [2.75, 3.05) is 29.9 Å². The Morgan fingerprint density at radius 3 is 2.56 bits per heavy atom. The highest BCUT2D eigenvalue weighted by Gasteiger charge is 2.12. The lowest BCUT2D eigenvalue weighted by Gasteiger charge is -2.19. The monoisotopic (exact) mass is 371 g/mol. The Bertz CT molecular complexity index is 760. The normalized spacial score (nSPS) is 10.3. The van der Waals surface area contributed by atoms with Crippen molar-refractivity contribution in [1.29, 1.82) is 0 Å². The third-order valence-corrected chi connectivity index (χ3v) is 4.15. The van der Waals surface area contributed by atoms with Gasteiger partial charge in [-0.25, -0.2) is 4.98 Å². The zero-order chi connectivity index (χ0) is 19.6. The lowest BCUT2D eigenvalue weighted by molar-refractivity contribution is -0.384. The molecule has 0 fully saturated rings. The van der Waals surface area contributed by atoms with Gasteiger partial charge in [0.2, 0.25) is 5.91 Å². The van der Waals surface area contributed by atoms with E-state index in [-0.39, 0.29) is 18.0 Å². The number of benzene rings is 1. The second-order valence-corrected chi connectivity index (χ2v) is 5.92. The number of hydrogen-bond acceptors (Lipinski definition) is 6. The van der Waals surface area contributed by atoms with Crippen LogP contribution in [0.1, 0.15) is 25.8 Å². The number of nitro groups is 1. The van der Waals surface area contributed by atoms with Crippen molar-refractivity contribution in [2.45, 2.75) is 26.8 Å². The molecule has 0 bridgehead atoms. The molecule has 27 heavy (non-hydrogen) atoms. The van der Waals surface area contributed by atoms with Gasteiger partial charge in [-0.3, -0.25) is 14.9 Å². The number of carbonyl (C=O) groups excluding carboxylic acids is 1. The van der Waals surface area contributed by atoms with Crippen LogP contribution < -0.4 is 15.5 Å². The molecule has 0 aliphatic rings.